The van der Waals surface area contributed by atoms with Gasteiger partial charge in [-0.05, 0) is 24.6 Å². The van der Waals surface area contributed by atoms with Crippen molar-refractivity contribution in [3.8, 4) is 5.75 Å². The van der Waals surface area contributed by atoms with Crippen LogP contribution in [0.3, 0.4) is 0 Å². The smallest absolute Gasteiger partial charge is 0.336 e. The molecule has 1 unspecified atom stereocenters. The standard InChI is InChI=1S/C21H19NO5S.C2H6/c1-13-18(21(23)26-2)19(14-8-4-3-5-9-14)20-15(22-13)12-27-16-10-6-7-11-17(16)28(20,24)25;1-2/h3-11,19,22H,12H2,1-2H3;1-2H3. The maximum atomic E-state index is 13.7. The first-order valence-corrected chi connectivity index (χ1v) is 11.2. The number of rotatable bonds is 2. The summed E-state index contributed by atoms with van der Waals surface area (Å²) in [6.07, 6.45) is 0. The zero-order valence-corrected chi connectivity index (χ0v) is 18.2. The first kappa shape index (κ1) is 21.6. The minimum Gasteiger partial charge on any atom is -0.486 e. The zero-order valence-electron chi connectivity index (χ0n) is 17.4. The molecule has 0 aliphatic carbocycles. The topological polar surface area (TPSA) is 81.7 Å². The van der Waals surface area contributed by atoms with Crippen molar-refractivity contribution in [2.24, 2.45) is 0 Å². The number of carbonyl (C=O) groups is 1. The molecular formula is C23H25NO5S. The summed E-state index contributed by atoms with van der Waals surface area (Å²) in [5.74, 6) is -1.06. The van der Waals surface area contributed by atoms with Crippen LogP contribution in [0.15, 0.2) is 81.4 Å². The maximum Gasteiger partial charge on any atom is 0.336 e. The van der Waals surface area contributed by atoms with Gasteiger partial charge in [-0.1, -0.05) is 56.3 Å². The molecule has 0 radical (unpaired) electrons. The van der Waals surface area contributed by atoms with E-state index in [4.69, 9.17) is 9.47 Å². The molecule has 1 atom stereocenters. The Morgan fingerprint density at radius 3 is 2.37 bits per heavy atom. The lowest BCUT2D eigenvalue weighted by Crippen LogP contribution is -2.33. The molecule has 1 N–H and O–H groups in total. The second-order valence-electron chi connectivity index (χ2n) is 6.58. The molecule has 2 aliphatic rings. The van der Waals surface area contributed by atoms with Gasteiger partial charge in [-0.15, -0.1) is 0 Å². The molecule has 0 saturated heterocycles. The minimum atomic E-state index is -3.92. The van der Waals surface area contributed by atoms with Crippen LogP contribution in [0.4, 0.5) is 0 Å². The second kappa shape index (κ2) is 8.75. The van der Waals surface area contributed by atoms with Crippen molar-refractivity contribution in [3.63, 3.8) is 0 Å². The molecule has 2 heterocycles. The van der Waals surface area contributed by atoms with Crippen LogP contribution in [0.25, 0.3) is 0 Å². The van der Waals surface area contributed by atoms with Gasteiger partial charge < -0.3 is 14.8 Å². The van der Waals surface area contributed by atoms with Crippen molar-refractivity contribution >= 4 is 15.8 Å². The Balaban J connectivity index is 0.00000124. The molecular weight excluding hydrogens is 402 g/mol. The summed E-state index contributed by atoms with van der Waals surface area (Å²) in [4.78, 5) is 12.8. The molecule has 7 heteroatoms. The summed E-state index contributed by atoms with van der Waals surface area (Å²) in [5, 5.41) is 3.07. The summed E-state index contributed by atoms with van der Waals surface area (Å²) in [6.45, 7) is 5.79. The second-order valence-corrected chi connectivity index (χ2v) is 8.47. The van der Waals surface area contributed by atoms with Gasteiger partial charge in [0.05, 0.1) is 29.2 Å². The van der Waals surface area contributed by atoms with E-state index in [0.717, 1.165) is 0 Å². The van der Waals surface area contributed by atoms with Crippen LogP contribution in [-0.4, -0.2) is 28.1 Å². The van der Waals surface area contributed by atoms with E-state index in [1.165, 1.54) is 13.2 Å². The van der Waals surface area contributed by atoms with Crippen LogP contribution in [-0.2, 0) is 19.4 Å². The Bertz CT molecular complexity index is 1120. The van der Waals surface area contributed by atoms with Gasteiger partial charge in [0.25, 0.3) is 0 Å². The van der Waals surface area contributed by atoms with Gasteiger partial charge >= 0.3 is 5.97 Å². The molecule has 2 aromatic rings. The number of ether oxygens (including phenoxy) is 2. The molecule has 4 rings (SSSR count). The summed E-state index contributed by atoms with van der Waals surface area (Å²) < 4.78 is 38.1. The molecule has 2 aliphatic heterocycles. The lowest BCUT2D eigenvalue weighted by atomic mass is 9.86. The van der Waals surface area contributed by atoms with Gasteiger partial charge in [0.1, 0.15) is 17.3 Å². The van der Waals surface area contributed by atoms with E-state index in [1.54, 1.807) is 25.1 Å². The molecule has 0 aromatic heterocycles. The quantitative estimate of drug-likeness (QED) is 0.732. The fourth-order valence-electron chi connectivity index (χ4n) is 3.71. The monoisotopic (exact) mass is 427 g/mol. The summed E-state index contributed by atoms with van der Waals surface area (Å²) in [5.41, 5.74) is 1.94. The van der Waals surface area contributed by atoms with E-state index in [0.29, 0.717) is 22.7 Å². The van der Waals surface area contributed by atoms with Gasteiger partial charge in [-0.3, -0.25) is 0 Å². The van der Waals surface area contributed by atoms with Gasteiger partial charge in [0, 0.05) is 5.70 Å². The predicted octanol–water partition coefficient (Wildman–Crippen LogP) is 3.92. The van der Waals surface area contributed by atoms with Crippen molar-refractivity contribution in [1.29, 1.82) is 0 Å². The highest BCUT2D eigenvalue weighted by atomic mass is 32.2. The Hall–Kier alpha value is -3.06. The van der Waals surface area contributed by atoms with E-state index in [-0.39, 0.29) is 22.0 Å². The van der Waals surface area contributed by atoms with E-state index < -0.39 is 21.7 Å². The molecule has 0 bridgehead atoms. The SMILES string of the molecule is CC.COC(=O)C1=C(C)NC2=C(C1c1ccccc1)S(=O)(=O)c1ccccc1OC2. The van der Waals surface area contributed by atoms with Crippen LogP contribution in [0.5, 0.6) is 5.75 Å². The normalized spacial score (nSPS) is 19.1. The van der Waals surface area contributed by atoms with Crippen LogP contribution in [0, 0.1) is 0 Å². The van der Waals surface area contributed by atoms with Gasteiger partial charge in [0.2, 0.25) is 9.84 Å². The summed E-state index contributed by atoms with van der Waals surface area (Å²) in [7, 11) is -2.64. The highest BCUT2D eigenvalue weighted by Gasteiger charge is 2.43. The third kappa shape index (κ3) is 3.61. The number of fused-ring (bicyclic) bond motifs is 1. The molecule has 30 heavy (non-hydrogen) atoms. The average molecular weight is 428 g/mol. The van der Waals surface area contributed by atoms with Crippen molar-refractivity contribution < 1.29 is 22.7 Å². The highest BCUT2D eigenvalue weighted by Crippen LogP contribution is 2.46. The van der Waals surface area contributed by atoms with E-state index in [9.17, 15) is 13.2 Å². The van der Waals surface area contributed by atoms with Crippen molar-refractivity contribution in [1.82, 2.24) is 5.32 Å². The lowest BCUT2D eigenvalue weighted by Gasteiger charge is -2.30. The van der Waals surface area contributed by atoms with E-state index in [1.807, 2.05) is 44.2 Å². The number of nitrogens with one attached hydrogen (secondary N) is 1. The van der Waals surface area contributed by atoms with Crippen LogP contribution in [0.2, 0.25) is 0 Å². The van der Waals surface area contributed by atoms with Crippen molar-refractivity contribution in [2.45, 2.75) is 31.6 Å². The summed E-state index contributed by atoms with van der Waals surface area (Å²) in [6, 6.07) is 15.6. The molecule has 0 amide bonds. The maximum absolute atomic E-state index is 13.7. The number of dihydropyridines is 1. The molecule has 2 aromatic carbocycles. The molecule has 158 valence electrons. The molecule has 0 fully saturated rings. The number of esters is 1. The van der Waals surface area contributed by atoms with Gasteiger partial charge in [-0.25, -0.2) is 13.2 Å². The molecule has 6 nitrogen and oxygen atoms in total. The molecule has 0 saturated carbocycles. The van der Waals surface area contributed by atoms with Crippen LogP contribution >= 0.6 is 0 Å². The predicted molar refractivity (Wildman–Crippen MR) is 115 cm³/mol. The van der Waals surface area contributed by atoms with E-state index in [2.05, 4.69) is 5.32 Å². The number of allylic oxidation sites excluding steroid dienone is 2. The Labute approximate surface area is 177 Å². The van der Waals surface area contributed by atoms with E-state index >= 15 is 0 Å². The Morgan fingerprint density at radius 1 is 1.07 bits per heavy atom. The number of carbonyl (C=O) groups excluding carboxylic acids is 1. The first-order chi connectivity index (χ1) is 14.4. The fraction of sp³-hybridized carbons (Fsp3) is 0.261. The minimum absolute atomic E-state index is 0.0563. The highest BCUT2D eigenvalue weighted by molar-refractivity contribution is 7.95. The Morgan fingerprint density at radius 2 is 1.70 bits per heavy atom. The van der Waals surface area contributed by atoms with Crippen molar-refractivity contribution in [2.75, 3.05) is 13.7 Å². The lowest BCUT2D eigenvalue weighted by molar-refractivity contribution is -0.136. The third-order valence-corrected chi connectivity index (χ3v) is 6.91. The van der Waals surface area contributed by atoms with Crippen LogP contribution < -0.4 is 10.1 Å². The number of para-hydroxylation sites is 1. The summed E-state index contributed by atoms with van der Waals surface area (Å²) >= 11 is 0. The van der Waals surface area contributed by atoms with Gasteiger partial charge in [-0.2, -0.15) is 0 Å². The van der Waals surface area contributed by atoms with Gasteiger partial charge in [0.15, 0.2) is 0 Å². The number of hydrogen-bond donors (Lipinski definition) is 1. The Kier molecular flexibility index (Phi) is 6.31. The third-order valence-electron chi connectivity index (χ3n) is 4.93. The largest absolute Gasteiger partial charge is 0.486 e. The first-order valence-electron chi connectivity index (χ1n) is 9.76. The number of sulfone groups is 1. The number of methoxy groups -OCH3 is 1. The number of hydrogen-bond acceptors (Lipinski definition) is 6. The van der Waals surface area contributed by atoms with Crippen molar-refractivity contribution in [3.05, 3.63) is 82.0 Å². The number of benzene rings is 2. The molecule has 0 spiro atoms. The van der Waals surface area contributed by atoms with Crippen LogP contribution in [0.1, 0.15) is 32.3 Å². The fourth-order valence-corrected chi connectivity index (χ4v) is 5.59. The zero-order chi connectivity index (χ0) is 21.9. The average Bonchev–Trinajstić information content (AvgIpc) is 2.88.